The maximum Gasteiger partial charge on any atom is 0.281 e. The van der Waals surface area contributed by atoms with Gasteiger partial charge in [-0.05, 0) is 30.4 Å². The first-order valence-electron chi connectivity index (χ1n) is 5.10. The molecule has 0 spiro atoms. The van der Waals surface area contributed by atoms with Crippen molar-refractivity contribution in [1.82, 2.24) is 15.5 Å². The topological polar surface area (TPSA) is 51.0 Å². The Kier molecular flexibility index (Phi) is 3.75. The van der Waals surface area contributed by atoms with Crippen LogP contribution in [0.1, 0.15) is 11.5 Å². The van der Waals surface area contributed by atoms with Crippen molar-refractivity contribution in [2.45, 2.75) is 23.6 Å². The summed E-state index contributed by atoms with van der Waals surface area (Å²) < 4.78 is 19.0. The average molecular weight is 253 g/mol. The number of rotatable bonds is 4. The van der Waals surface area contributed by atoms with Crippen LogP contribution in [0.2, 0.25) is 0 Å². The normalized spacial score (nSPS) is 10.8. The zero-order valence-corrected chi connectivity index (χ0v) is 10.3. The summed E-state index contributed by atoms with van der Waals surface area (Å²) in [6, 6.07) is 4.97. The van der Waals surface area contributed by atoms with E-state index in [2.05, 4.69) is 15.5 Å². The summed E-state index contributed by atoms with van der Waals surface area (Å²) in [6.07, 6.45) is 0. The minimum Gasteiger partial charge on any atom is -0.416 e. The molecule has 0 unspecified atom stereocenters. The summed E-state index contributed by atoms with van der Waals surface area (Å²) in [5.74, 6) is 0.192. The predicted octanol–water partition coefficient (Wildman–Crippen LogP) is 2.39. The monoisotopic (exact) mass is 253 g/mol. The molecule has 0 saturated heterocycles. The zero-order valence-electron chi connectivity index (χ0n) is 9.53. The van der Waals surface area contributed by atoms with E-state index in [0.717, 1.165) is 17.3 Å². The third-order valence-corrected chi connectivity index (χ3v) is 3.11. The first-order valence-corrected chi connectivity index (χ1v) is 5.92. The lowest BCUT2D eigenvalue weighted by Gasteiger charge is -2.07. The van der Waals surface area contributed by atoms with Gasteiger partial charge in [0.2, 0.25) is 5.89 Å². The van der Waals surface area contributed by atoms with Crippen molar-refractivity contribution < 1.29 is 8.81 Å². The van der Waals surface area contributed by atoms with E-state index < -0.39 is 0 Å². The Balaban J connectivity index is 2.30. The Morgan fingerprint density at radius 3 is 2.88 bits per heavy atom. The third-order valence-electron chi connectivity index (χ3n) is 2.11. The van der Waals surface area contributed by atoms with E-state index in [0.29, 0.717) is 22.6 Å². The van der Waals surface area contributed by atoms with Gasteiger partial charge in [-0.15, -0.1) is 10.2 Å². The Morgan fingerprint density at radius 1 is 1.41 bits per heavy atom. The molecule has 0 aliphatic carbocycles. The average Bonchev–Trinajstić information content (AvgIpc) is 2.70. The molecular weight excluding hydrogens is 241 g/mol. The molecule has 90 valence electrons. The molecule has 6 heteroatoms. The highest BCUT2D eigenvalue weighted by atomic mass is 32.2. The molecule has 0 fully saturated rings. The van der Waals surface area contributed by atoms with E-state index in [1.165, 1.54) is 6.07 Å². The molecular formula is C11H12FN3OS. The van der Waals surface area contributed by atoms with Crippen molar-refractivity contribution in [3.63, 3.8) is 0 Å². The molecule has 2 aromatic rings. The first kappa shape index (κ1) is 12.1. The number of aromatic nitrogens is 2. The van der Waals surface area contributed by atoms with Crippen LogP contribution in [0.5, 0.6) is 0 Å². The van der Waals surface area contributed by atoms with Crippen LogP contribution >= 0.6 is 11.8 Å². The van der Waals surface area contributed by atoms with Crippen LogP contribution < -0.4 is 5.32 Å². The Bertz CT molecular complexity index is 515. The molecule has 2 rings (SSSR count). The molecule has 17 heavy (non-hydrogen) atoms. The lowest BCUT2D eigenvalue weighted by atomic mass is 10.2. The number of aryl methyl sites for hydroxylation is 1. The lowest BCUT2D eigenvalue weighted by Crippen LogP contribution is -2.06. The zero-order chi connectivity index (χ0) is 12.3. The quantitative estimate of drug-likeness (QED) is 0.906. The Hall–Kier alpha value is -1.40. The Morgan fingerprint density at radius 2 is 2.24 bits per heavy atom. The van der Waals surface area contributed by atoms with Crippen molar-refractivity contribution in [1.29, 1.82) is 0 Å². The molecule has 1 aromatic carbocycles. The molecule has 0 aliphatic rings. The SMILES string of the molecule is CNCc1cccc(F)c1Sc1nnc(C)o1. The van der Waals surface area contributed by atoms with E-state index in [-0.39, 0.29) is 5.82 Å². The van der Waals surface area contributed by atoms with E-state index in [9.17, 15) is 4.39 Å². The van der Waals surface area contributed by atoms with Crippen LogP contribution in [-0.4, -0.2) is 17.2 Å². The summed E-state index contributed by atoms with van der Waals surface area (Å²) in [7, 11) is 1.82. The number of nitrogens with one attached hydrogen (secondary N) is 1. The van der Waals surface area contributed by atoms with Crippen LogP contribution in [-0.2, 0) is 6.54 Å². The van der Waals surface area contributed by atoms with E-state index in [1.807, 2.05) is 13.1 Å². The third kappa shape index (κ3) is 2.83. The van der Waals surface area contributed by atoms with Crippen LogP contribution in [0.15, 0.2) is 32.7 Å². The standard InChI is InChI=1S/C11H12FN3OS/c1-7-14-15-11(16-7)17-10-8(6-13-2)4-3-5-9(10)12/h3-5,13H,6H2,1-2H3. The van der Waals surface area contributed by atoms with Crippen molar-refractivity contribution in [2.24, 2.45) is 0 Å². The first-order chi connectivity index (χ1) is 8.20. The minimum atomic E-state index is -0.279. The van der Waals surface area contributed by atoms with Gasteiger partial charge in [-0.3, -0.25) is 0 Å². The molecule has 0 radical (unpaired) electrons. The summed E-state index contributed by atoms with van der Waals surface area (Å²) in [4.78, 5) is 0.519. The van der Waals surface area contributed by atoms with Crippen molar-refractivity contribution in [3.05, 3.63) is 35.5 Å². The number of benzene rings is 1. The maximum atomic E-state index is 13.7. The second-order valence-electron chi connectivity index (χ2n) is 3.45. The van der Waals surface area contributed by atoms with E-state index in [4.69, 9.17) is 4.42 Å². The van der Waals surface area contributed by atoms with E-state index >= 15 is 0 Å². The molecule has 4 nitrogen and oxygen atoms in total. The van der Waals surface area contributed by atoms with Crippen LogP contribution in [0, 0.1) is 12.7 Å². The summed E-state index contributed by atoms with van der Waals surface area (Å²) in [5.41, 5.74) is 0.869. The minimum absolute atomic E-state index is 0.279. The molecule has 0 aliphatic heterocycles. The highest BCUT2D eigenvalue weighted by Crippen LogP contribution is 2.31. The van der Waals surface area contributed by atoms with Gasteiger partial charge in [0.15, 0.2) is 0 Å². The van der Waals surface area contributed by atoms with Crippen molar-refractivity contribution in [2.75, 3.05) is 7.05 Å². The summed E-state index contributed by atoms with van der Waals surface area (Å²) >= 11 is 1.15. The largest absolute Gasteiger partial charge is 0.416 e. The van der Waals surface area contributed by atoms with E-state index in [1.54, 1.807) is 13.0 Å². The number of hydrogen-bond acceptors (Lipinski definition) is 5. The molecule has 0 amide bonds. The fourth-order valence-electron chi connectivity index (χ4n) is 1.40. The number of hydrogen-bond donors (Lipinski definition) is 1. The van der Waals surface area contributed by atoms with Gasteiger partial charge < -0.3 is 9.73 Å². The van der Waals surface area contributed by atoms with Crippen LogP contribution in [0.25, 0.3) is 0 Å². The number of halogens is 1. The lowest BCUT2D eigenvalue weighted by molar-refractivity contribution is 0.428. The van der Waals surface area contributed by atoms with Crippen LogP contribution in [0.4, 0.5) is 4.39 Å². The second-order valence-corrected chi connectivity index (χ2v) is 4.41. The highest BCUT2D eigenvalue weighted by Gasteiger charge is 2.13. The van der Waals surface area contributed by atoms with Gasteiger partial charge in [-0.1, -0.05) is 12.1 Å². The maximum absolute atomic E-state index is 13.7. The van der Waals surface area contributed by atoms with Gasteiger partial charge in [0, 0.05) is 13.5 Å². The molecule has 0 bridgehead atoms. The molecule has 0 atom stereocenters. The number of nitrogens with zero attached hydrogens (tertiary/aromatic N) is 2. The van der Waals surface area contributed by atoms with Crippen molar-refractivity contribution >= 4 is 11.8 Å². The summed E-state index contributed by atoms with van der Waals surface area (Å²) in [6.45, 7) is 2.29. The smallest absolute Gasteiger partial charge is 0.281 e. The Labute approximate surface area is 103 Å². The molecule has 1 aromatic heterocycles. The van der Waals surface area contributed by atoms with Gasteiger partial charge in [0.05, 0.1) is 4.90 Å². The molecule has 0 saturated carbocycles. The highest BCUT2D eigenvalue weighted by molar-refractivity contribution is 7.99. The fourth-order valence-corrected chi connectivity index (χ4v) is 2.26. The second kappa shape index (κ2) is 5.29. The predicted molar refractivity (Wildman–Crippen MR) is 62.3 cm³/mol. The summed E-state index contributed by atoms with van der Waals surface area (Å²) in [5, 5.41) is 10.9. The van der Waals surface area contributed by atoms with Gasteiger partial charge in [-0.2, -0.15) is 0 Å². The molecule has 1 heterocycles. The van der Waals surface area contributed by atoms with Crippen molar-refractivity contribution in [3.8, 4) is 0 Å². The fraction of sp³-hybridized carbons (Fsp3) is 0.273. The van der Waals surface area contributed by atoms with Gasteiger partial charge >= 0.3 is 0 Å². The van der Waals surface area contributed by atoms with Gasteiger partial charge in [-0.25, -0.2) is 4.39 Å². The molecule has 1 N–H and O–H groups in total. The van der Waals surface area contributed by atoms with Crippen LogP contribution in [0.3, 0.4) is 0 Å². The van der Waals surface area contributed by atoms with Gasteiger partial charge in [0.1, 0.15) is 5.82 Å². The van der Waals surface area contributed by atoms with Gasteiger partial charge in [0.25, 0.3) is 5.22 Å².